The second-order valence-electron chi connectivity index (χ2n) is 9.20. The molecule has 0 bridgehead atoms. The Balaban J connectivity index is 1.37. The molecule has 2 aromatic carbocycles. The number of ether oxygens (including phenoxy) is 4. The summed E-state index contributed by atoms with van der Waals surface area (Å²) in [5.74, 6) is -1.18. The number of methoxy groups -OCH3 is 2. The number of hydrogen-bond acceptors (Lipinski definition) is 8. The van der Waals surface area contributed by atoms with Gasteiger partial charge in [0.05, 0.1) is 20.8 Å². The van der Waals surface area contributed by atoms with Gasteiger partial charge in [0.2, 0.25) is 0 Å². The smallest absolute Gasteiger partial charge is 0.335 e. The van der Waals surface area contributed by atoms with Crippen LogP contribution in [0, 0.1) is 0 Å². The number of hydrogen-bond donors (Lipinski definition) is 0. The summed E-state index contributed by atoms with van der Waals surface area (Å²) >= 11 is 0. The molecule has 0 radical (unpaired) electrons. The molecule has 0 atom stereocenters. The molecule has 0 saturated carbocycles. The Labute approximate surface area is 210 Å². The Morgan fingerprint density at radius 2 is 1.67 bits per heavy atom. The van der Waals surface area contributed by atoms with Crippen LogP contribution in [0.4, 0.5) is 0 Å². The molecule has 188 valence electrons. The maximum absolute atomic E-state index is 12.2. The highest BCUT2D eigenvalue weighted by molar-refractivity contribution is 5.93. The number of nitrogens with zero attached hydrogens (tertiary/aromatic N) is 2. The molecule has 1 aliphatic carbocycles. The van der Waals surface area contributed by atoms with Gasteiger partial charge in [-0.05, 0) is 59.8 Å². The average molecular weight is 491 g/mol. The fourth-order valence-corrected chi connectivity index (χ4v) is 5.21. The second kappa shape index (κ2) is 9.79. The van der Waals surface area contributed by atoms with E-state index in [1.807, 2.05) is 35.0 Å². The largest absolute Gasteiger partial charge is 0.493 e. The molecule has 1 spiro atoms. The van der Waals surface area contributed by atoms with Crippen LogP contribution in [0.25, 0.3) is 16.7 Å². The van der Waals surface area contributed by atoms with E-state index in [4.69, 9.17) is 18.9 Å². The molecule has 8 nitrogen and oxygen atoms in total. The van der Waals surface area contributed by atoms with Gasteiger partial charge in [-0.25, -0.2) is 14.5 Å². The van der Waals surface area contributed by atoms with E-state index in [2.05, 4.69) is 24.3 Å². The number of carbonyl (C=O) groups is 2. The van der Waals surface area contributed by atoms with Gasteiger partial charge >= 0.3 is 17.8 Å². The van der Waals surface area contributed by atoms with Crippen molar-refractivity contribution < 1.29 is 28.5 Å². The highest BCUT2D eigenvalue weighted by Gasteiger charge is 2.48. The lowest BCUT2D eigenvalue weighted by Gasteiger charge is -2.46. The molecule has 3 aliphatic rings. The summed E-state index contributed by atoms with van der Waals surface area (Å²) in [7, 11) is 5.19. The van der Waals surface area contributed by atoms with E-state index in [9.17, 15) is 9.59 Å². The zero-order chi connectivity index (χ0) is 25.3. The summed E-state index contributed by atoms with van der Waals surface area (Å²) in [6.07, 6.45) is 6.06. The van der Waals surface area contributed by atoms with E-state index >= 15 is 0 Å². The Morgan fingerprint density at radius 1 is 0.944 bits per heavy atom. The zero-order valence-electron chi connectivity index (χ0n) is 20.8. The molecule has 36 heavy (non-hydrogen) atoms. The third kappa shape index (κ3) is 4.50. The van der Waals surface area contributed by atoms with E-state index in [-0.39, 0.29) is 0 Å². The summed E-state index contributed by atoms with van der Waals surface area (Å²) in [4.78, 5) is 28.4. The molecule has 8 heteroatoms. The van der Waals surface area contributed by atoms with Crippen molar-refractivity contribution in [2.75, 3.05) is 47.4 Å². The zero-order valence-corrected chi connectivity index (χ0v) is 20.8. The Morgan fingerprint density at radius 3 is 2.39 bits per heavy atom. The van der Waals surface area contributed by atoms with E-state index in [0.717, 1.165) is 42.7 Å². The van der Waals surface area contributed by atoms with Crippen LogP contribution < -0.4 is 9.47 Å². The van der Waals surface area contributed by atoms with Crippen molar-refractivity contribution in [3.8, 4) is 22.6 Å². The van der Waals surface area contributed by atoms with Crippen LogP contribution in [0.15, 0.2) is 54.6 Å². The third-order valence-electron chi connectivity index (χ3n) is 7.00. The molecule has 0 N–H and O–H groups in total. The predicted octanol–water partition coefficient (Wildman–Crippen LogP) is 3.26. The molecule has 2 heterocycles. The van der Waals surface area contributed by atoms with Crippen LogP contribution in [0.3, 0.4) is 0 Å². The summed E-state index contributed by atoms with van der Waals surface area (Å²) in [5, 5.41) is 0. The van der Waals surface area contributed by atoms with Crippen molar-refractivity contribution >= 4 is 17.5 Å². The van der Waals surface area contributed by atoms with E-state index < -0.39 is 17.8 Å². The predicted molar refractivity (Wildman–Crippen MR) is 134 cm³/mol. The van der Waals surface area contributed by atoms with Crippen molar-refractivity contribution in [3.05, 3.63) is 65.8 Å². The van der Waals surface area contributed by atoms with Gasteiger partial charge in [0, 0.05) is 31.8 Å². The van der Waals surface area contributed by atoms with Crippen molar-refractivity contribution in [2.45, 2.75) is 18.8 Å². The maximum atomic E-state index is 12.2. The number of benzene rings is 2. The van der Waals surface area contributed by atoms with Crippen LogP contribution in [0.5, 0.6) is 11.5 Å². The minimum Gasteiger partial charge on any atom is -0.493 e. The number of esters is 2. The highest BCUT2D eigenvalue weighted by Crippen LogP contribution is 2.40. The lowest BCUT2D eigenvalue weighted by Crippen LogP contribution is -2.65. The highest BCUT2D eigenvalue weighted by atomic mass is 16.8. The summed E-state index contributed by atoms with van der Waals surface area (Å²) in [6.45, 7) is 2.28. The van der Waals surface area contributed by atoms with Crippen LogP contribution in [-0.4, -0.2) is 75.1 Å². The van der Waals surface area contributed by atoms with Gasteiger partial charge in [-0.3, -0.25) is 4.90 Å². The lowest BCUT2D eigenvalue weighted by molar-refractivity contribution is -0.297. The number of likely N-dealkylation sites (N-methyl/N-ethyl adjacent to an activating group) is 1. The summed E-state index contributed by atoms with van der Waals surface area (Å²) < 4.78 is 22.2. The van der Waals surface area contributed by atoms with E-state index in [1.54, 1.807) is 14.2 Å². The molecular weight excluding hydrogens is 460 g/mol. The minimum absolute atomic E-state index is 0.297. The fraction of sp³-hybridized carbons (Fsp3) is 0.357. The first-order valence-electron chi connectivity index (χ1n) is 12.0. The van der Waals surface area contributed by atoms with Gasteiger partial charge in [-0.15, -0.1) is 0 Å². The summed E-state index contributed by atoms with van der Waals surface area (Å²) in [5.41, 5.74) is 5.94. The number of rotatable bonds is 6. The second-order valence-corrected chi connectivity index (χ2v) is 9.20. The van der Waals surface area contributed by atoms with Crippen LogP contribution >= 0.6 is 0 Å². The van der Waals surface area contributed by atoms with Crippen LogP contribution in [0.2, 0.25) is 0 Å². The number of allylic oxidation sites excluding steroid dienone is 1. The number of fused-ring (bicyclic) bond motifs is 1. The molecule has 0 aromatic heterocycles. The van der Waals surface area contributed by atoms with Crippen molar-refractivity contribution in [3.63, 3.8) is 0 Å². The Hall–Kier alpha value is -3.62. The number of piperazine rings is 1. The van der Waals surface area contributed by atoms with Crippen LogP contribution in [0.1, 0.15) is 17.5 Å². The standard InChI is InChI=1S/C28H30N2O6/c1-29-15-16-30(28(18-29)35-26(31)11-12-27(32)36-28)14-13-19-7-9-23-21(19)5-4-6-22(23)20-8-10-24(33-2)25(17-20)34-3/h4-8,10-12,17H,9,13-16,18H2,1-3H3. The minimum atomic E-state index is -1.42. The van der Waals surface area contributed by atoms with Gasteiger partial charge in [-0.2, -0.15) is 0 Å². The fourth-order valence-electron chi connectivity index (χ4n) is 5.21. The number of carbonyl (C=O) groups excluding carboxylic acids is 2. The Kier molecular flexibility index (Phi) is 6.55. The maximum Gasteiger partial charge on any atom is 0.335 e. The quantitative estimate of drug-likeness (QED) is 0.571. The van der Waals surface area contributed by atoms with Crippen molar-refractivity contribution in [2.24, 2.45) is 0 Å². The van der Waals surface area contributed by atoms with Gasteiger partial charge in [0.25, 0.3) is 0 Å². The van der Waals surface area contributed by atoms with Gasteiger partial charge in [0.1, 0.15) is 0 Å². The van der Waals surface area contributed by atoms with E-state index in [0.29, 0.717) is 31.1 Å². The van der Waals surface area contributed by atoms with E-state index in [1.165, 1.54) is 16.7 Å². The van der Waals surface area contributed by atoms with Crippen molar-refractivity contribution in [1.82, 2.24) is 9.80 Å². The third-order valence-corrected chi connectivity index (χ3v) is 7.00. The molecule has 0 unspecified atom stereocenters. The SMILES string of the molecule is COc1ccc(-c2cccc3c2CC=C3CCN2CCN(C)CC23OC(=O)C=CC(=O)O3)cc1OC. The topological polar surface area (TPSA) is 77.5 Å². The molecule has 1 fully saturated rings. The molecule has 2 aliphatic heterocycles. The molecule has 0 amide bonds. The average Bonchev–Trinajstić information content (AvgIpc) is 3.23. The monoisotopic (exact) mass is 490 g/mol. The first-order chi connectivity index (χ1) is 17.4. The first-order valence-corrected chi connectivity index (χ1v) is 12.0. The molecule has 2 aromatic rings. The normalized spacial score (nSPS) is 19.4. The lowest BCUT2D eigenvalue weighted by atomic mass is 9.94. The van der Waals surface area contributed by atoms with Gasteiger partial charge in [-0.1, -0.05) is 30.3 Å². The molecular formula is C28H30N2O6. The van der Waals surface area contributed by atoms with Crippen LogP contribution in [-0.2, 0) is 25.5 Å². The molecule has 5 rings (SSSR count). The first kappa shape index (κ1) is 24.1. The van der Waals surface area contributed by atoms with Gasteiger partial charge in [0.15, 0.2) is 11.5 Å². The van der Waals surface area contributed by atoms with Crippen molar-refractivity contribution in [1.29, 1.82) is 0 Å². The van der Waals surface area contributed by atoms with Gasteiger partial charge < -0.3 is 18.9 Å². The Bertz CT molecular complexity index is 1230. The summed E-state index contributed by atoms with van der Waals surface area (Å²) in [6, 6.07) is 12.3. The molecule has 1 saturated heterocycles.